The molecule has 1 atom stereocenters. The van der Waals surface area contributed by atoms with Gasteiger partial charge < -0.3 is 10.3 Å². The van der Waals surface area contributed by atoms with Gasteiger partial charge in [-0.1, -0.05) is 13.3 Å². The zero-order chi connectivity index (χ0) is 10.5. The summed E-state index contributed by atoms with van der Waals surface area (Å²) in [6.07, 6.45) is 4.52. The molecule has 0 saturated carbocycles. The van der Waals surface area contributed by atoms with Gasteiger partial charge in [0.05, 0.1) is 0 Å². The van der Waals surface area contributed by atoms with E-state index in [1.165, 1.54) is 31.6 Å². The fraction of sp³-hybridized carbons (Fsp3) is 0.667. The number of rotatable bonds is 4. The standard InChI is InChI=1S/C12H21N3/c1-2-4-12(11-5-3-6-14-11)15-9-7-13-8-10-15/h3,5-6,12-14H,2,4,7-10H2,1H3/t12-/m1/s1. The average molecular weight is 207 g/mol. The minimum absolute atomic E-state index is 0.590. The first-order valence-corrected chi connectivity index (χ1v) is 6.00. The summed E-state index contributed by atoms with van der Waals surface area (Å²) in [6, 6.07) is 4.90. The van der Waals surface area contributed by atoms with Gasteiger partial charge in [0.25, 0.3) is 0 Å². The van der Waals surface area contributed by atoms with Crippen molar-refractivity contribution in [1.29, 1.82) is 0 Å². The highest BCUT2D eigenvalue weighted by molar-refractivity contribution is 5.09. The Morgan fingerprint density at radius 2 is 2.20 bits per heavy atom. The fourth-order valence-corrected chi connectivity index (χ4v) is 2.35. The van der Waals surface area contributed by atoms with Gasteiger partial charge in [0.2, 0.25) is 0 Å². The lowest BCUT2D eigenvalue weighted by Crippen LogP contribution is -2.45. The van der Waals surface area contributed by atoms with Crippen molar-refractivity contribution >= 4 is 0 Å². The smallest absolute Gasteiger partial charge is 0.0499 e. The first kappa shape index (κ1) is 10.7. The summed E-state index contributed by atoms with van der Waals surface area (Å²) in [6.45, 7) is 6.85. The van der Waals surface area contributed by atoms with Crippen LogP contribution < -0.4 is 5.32 Å². The van der Waals surface area contributed by atoms with Crippen molar-refractivity contribution in [3.05, 3.63) is 24.0 Å². The largest absolute Gasteiger partial charge is 0.364 e. The molecule has 3 nitrogen and oxygen atoms in total. The molecule has 0 radical (unpaired) electrons. The predicted octanol–water partition coefficient (Wildman–Crippen LogP) is 1.76. The summed E-state index contributed by atoms with van der Waals surface area (Å²) in [5, 5.41) is 3.41. The van der Waals surface area contributed by atoms with E-state index in [-0.39, 0.29) is 0 Å². The van der Waals surface area contributed by atoms with Crippen LogP contribution in [0.3, 0.4) is 0 Å². The Labute approximate surface area is 91.9 Å². The lowest BCUT2D eigenvalue weighted by molar-refractivity contribution is 0.162. The molecule has 0 unspecified atom stereocenters. The fourth-order valence-electron chi connectivity index (χ4n) is 2.35. The molecule has 0 bridgehead atoms. The summed E-state index contributed by atoms with van der Waals surface area (Å²) < 4.78 is 0. The lowest BCUT2D eigenvalue weighted by atomic mass is 10.1. The van der Waals surface area contributed by atoms with Crippen LogP contribution in [0.25, 0.3) is 0 Å². The molecule has 1 aliphatic rings. The van der Waals surface area contributed by atoms with E-state index in [0.717, 1.165) is 13.1 Å². The Morgan fingerprint density at radius 3 is 2.80 bits per heavy atom. The molecule has 1 fully saturated rings. The molecule has 2 rings (SSSR count). The molecule has 2 N–H and O–H groups in total. The van der Waals surface area contributed by atoms with Gasteiger partial charge in [-0.25, -0.2) is 0 Å². The monoisotopic (exact) mass is 207 g/mol. The SMILES string of the molecule is CCC[C@H](c1ccc[nH]1)N1CCNCC1. The Balaban J connectivity index is 2.04. The van der Waals surface area contributed by atoms with Crippen LogP contribution in [0.2, 0.25) is 0 Å². The third-order valence-corrected chi connectivity index (χ3v) is 3.14. The second kappa shape index (κ2) is 5.33. The summed E-state index contributed by atoms with van der Waals surface area (Å²) >= 11 is 0. The first-order chi connectivity index (χ1) is 7.42. The molecule has 1 saturated heterocycles. The topological polar surface area (TPSA) is 31.1 Å². The summed E-state index contributed by atoms with van der Waals surface area (Å²) in [5.41, 5.74) is 1.37. The van der Waals surface area contributed by atoms with Crippen LogP contribution in [0.5, 0.6) is 0 Å². The number of aromatic nitrogens is 1. The number of nitrogens with zero attached hydrogens (tertiary/aromatic N) is 1. The van der Waals surface area contributed by atoms with E-state index in [1.54, 1.807) is 0 Å². The van der Waals surface area contributed by atoms with Crippen molar-refractivity contribution in [1.82, 2.24) is 15.2 Å². The van der Waals surface area contributed by atoms with Gasteiger partial charge in [-0.05, 0) is 18.6 Å². The van der Waals surface area contributed by atoms with Crippen molar-refractivity contribution in [2.75, 3.05) is 26.2 Å². The van der Waals surface area contributed by atoms with Crippen LogP contribution in [0.4, 0.5) is 0 Å². The van der Waals surface area contributed by atoms with E-state index >= 15 is 0 Å². The molecule has 0 aromatic carbocycles. The molecule has 1 aliphatic heterocycles. The minimum Gasteiger partial charge on any atom is -0.364 e. The third kappa shape index (κ3) is 2.61. The second-order valence-electron chi connectivity index (χ2n) is 4.22. The highest BCUT2D eigenvalue weighted by Crippen LogP contribution is 2.24. The van der Waals surface area contributed by atoms with Gasteiger partial charge in [0.15, 0.2) is 0 Å². The normalized spacial score (nSPS) is 20.3. The Morgan fingerprint density at radius 1 is 1.40 bits per heavy atom. The number of piperazine rings is 1. The van der Waals surface area contributed by atoms with Crippen LogP contribution in [0.15, 0.2) is 18.3 Å². The van der Waals surface area contributed by atoms with Crippen LogP contribution in [-0.2, 0) is 0 Å². The predicted molar refractivity (Wildman–Crippen MR) is 62.9 cm³/mol. The molecule has 1 aromatic rings. The van der Waals surface area contributed by atoms with Crippen molar-refractivity contribution in [3.8, 4) is 0 Å². The third-order valence-electron chi connectivity index (χ3n) is 3.14. The molecule has 84 valence electrons. The summed E-state index contributed by atoms with van der Waals surface area (Å²) in [4.78, 5) is 5.95. The van der Waals surface area contributed by atoms with E-state index < -0.39 is 0 Å². The summed E-state index contributed by atoms with van der Waals surface area (Å²) in [5.74, 6) is 0. The van der Waals surface area contributed by atoms with Crippen molar-refractivity contribution in [2.45, 2.75) is 25.8 Å². The maximum atomic E-state index is 3.41. The first-order valence-electron chi connectivity index (χ1n) is 6.00. The van der Waals surface area contributed by atoms with Crippen LogP contribution in [0.1, 0.15) is 31.5 Å². The van der Waals surface area contributed by atoms with Gasteiger partial charge in [-0.15, -0.1) is 0 Å². The Bertz CT molecular complexity index is 262. The number of hydrogen-bond acceptors (Lipinski definition) is 2. The molecular weight excluding hydrogens is 186 g/mol. The molecule has 0 amide bonds. The van der Waals surface area contributed by atoms with Crippen molar-refractivity contribution < 1.29 is 0 Å². The van der Waals surface area contributed by atoms with Crippen LogP contribution in [-0.4, -0.2) is 36.1 Å². The Hall–Kier alpha value is -0.800. The minimum atomic E-state index is 0.590. The highest BCUT2D eigenvalue weighted by atomic mass is 15.2. The average Bonchev–Trinajstić information content (AvgIpc) is 2.80. The molecule has 1 aromatic heterocycles. The Kier molecular flexibility index (Phi) is 3.80. The lowest BCUT2D eigenvalue weighted by Gasteiger charge is -2.34. The number of nitrogens with one attached hydrogen (secondary N) is 2. The van der Waals surface area contributed by atoms with E-state index in [1.807, 2.05) is 6.20 Å². The molecule has 2 heterocycles. The summed E-state index contributed by atoms with van der Waals surface area (Å²) in [7, 11) is 0. The van der Waals surface area contributed by atoms with E-state index in [0.29, 0.717) is 6.04 Å². The van der Waals surface area contributed by atoms with E-state index in [4.69, 9.17) is 0 Å². The maximum Gasteiger partial charge on any atom is 0.0499 e. The van der Waals surface area contributed by atoms with Crippen molar-refractivity contribution in [2.24, 2.45) is 0 Å². The highest BCUT2D eigenvalue weighted by Gasteiger charge is 2.21. The zero-order valence-corrected chi connectivity index (χ0v) is 9.50. The number of H-pyrrole nitrogens is 1. The van der Waals surface area contributed by atoms with Crippen molar-refractivity contribution in [3.63, 3.8) is 0 Å². The van der Waals surface area contributed by atoms with Crippen LogP contribution >= 0.6 is 0 Å². The molecule has 0 aliphatic carbocycles. The van der Waals surface area contributed by atoms with Gasteiger partial charge >= 0.3 is 0 Å². The zero-order valence-electron chi connectivity index (χ0n) is 9.50. The van der Waals surface area contributed by atoms with Crippen LogP contribution in [0, 0.1) is 0 Å². The number of hydrogen-bond donors (Lipinski definition) is 2. The van der Waals surface area contributed by atoms with Gasteiger partial charge in [-0.3, -0.25) is 4.90 Å². The molecular formula is C12H21N3. The van der Waals surface area contributed by atoms with Gasteiger partial charge in [0.1, 0.15) is 0 Å². The van der Waals surface area contributed by atoms with Gasteiger partial charge in [0, 0.05) is 44.1 Å². The van der Waals surface area contributed by atoms with E-state index in [2.05, 4.69) is 34.3 Å². The molecule has 3 heteroatoms. The van der Waals surface area contributed by atoms with Gasteiger partial charge in [-0.2, -0.15) is 0 Å². The molecule has 0 spiro atoms. The second-order valence-corrected chi connectivity index (χ2v) is 4.22. The number of aromatic amines is 1. The quantitative estimate of drug-likeness (QED) is 0.788. The molecule has 15 heavy (non-hydrogen) atoms. The van der Waals surface area contributed by atoms with E-state index in [9.17, 15) is 0 Å². The maximum absolute atomic E-state index is 3.41.